The molecule has 0 spiro atoms. The second-order valence-electron chi connectivity index (χ2n) is 12.0. The van der Waals surface area contributed by atoms with Crippen molar-refractivity contribution in [2.24, 2.45) is 0 Å². The van der Waals surface area contributed by atoms with Crippen LogP contribution in [0.25, 0.3) is 22.2 Å². The van der Waals surface area contributed by atoms with Crippen LogP contribution in [0, 0.1) is 13.8 Å². The number of carbonyl (C=O) groups is 2. The van der Waals surface area contributed by atoms with Crippen LogP contribution >= 0.6 is 12.8 Å². The Morgan fingerprint density at radius 3 is 2.08 bits per heavy atom. The number of esters is 1. The summed E-state index contributed by atoms with van der Waals surface area (Å²) in [6.45, 7) is 9.47. The van der Waals surface area contributed by atoms with E-state index in [0.717, 1.165) is 57.5 Å². The second-order valence-corrected chi connectivity index (χ2v) is 12.5. The van der Waals surface area contributed by atoms with Crippen LogP contribution in [-0.2, 0) is 24.3 Å². The molecule has 250 valence electrons. The summed E-state index contributed by atoms with van der Waals surface area (Å²) in [7, 11) is 0. The highest BCUT2D eigenvalue weighted by Gasteiger charge is 2.19. The topological polar surface area (TPSA) is 64.4 Å². The Hall–Kier alpha value is -5.14. The van der Waals surface area contributed by atoms with Gasteiger partial charge in [0.05, 0.1) is 16.6 Å². The molecule has 0 radical (unpaired) electrons. The first-order valence-electron chi connectivity index (χ1n) is 16.7. The standard InChI is InChI=1S/C35H35N3O3S.C7H8/c1-4-11-32-36-33-24(3)20-28(34(39)38(42)5-2)21-31(33)37(32)22-25-16-18-27(19-17-25)29-14-9-10-15-30(29)35(40)41-23-26-12-7-6-8-13-26;1-7-5-3-2-4-6-7/h6-10,12-21,42H,4-5,11,22-23H2,1-3H3;2-6H,1H3. The average Bonchev–Trinajstić information content (AvgIpc) is 3.48. The van der Waals surface area contributed by atoms with Gasteiger partial charge in [-0.1, -0.05) is 128 Å². The Kier molecular flexibility index (Phi) is 12.1. The van der Waals surface area contributed by atoms with Crippen molar-refractivity contribution < 1.29 is 14.3 Å². The molecule has 0 bridgehead atoms. The molecule has 1 aromatic heterocycles. The first kappa shape index (κ1) is 35.2. The fraction of sp³-hybridized carbons (Fsp3) is 0.214. The van der Waals surface area contributed by atoms with Crippen molar-refractivity contribution in [2.75, 3.05) is 6.54 Å². The monoisotopic (exact) mass is 669 g/mol. The van der Waals surface area contributed by atoms with Crippen molar-refractivity contribution in [3.8, 4) is 11.1 Å². The first-order chi connectivity index (χ1) is 23.8. The molecule has 6 nitrogen and oxygen atoms in total. The molecule has 6 aromatic rings. The quantitative estimate of drug-likeness (QED) is 0.117. The van der Waals surface area contributed by atoms with E-state index in [4.69, 9.17) is 9.72 Å². The lowest BCUT2D eigenvalue weighted by Gasteiger charge is -2.15. The molecular weight excluding hydrogens is 627 g/mol. The van der Waals surface area contributed by atoms with Crippen LogP contribution in [0.1, 0.15) is 69.1 Å². The normalized spacial score (nSPS) is 10.7. The van der Waals surface area contributed by atoms with Crippen LogP contribution in [-0.4, -0.2) is 32.3 Å². The van der Waals surface area contributed by atoms with E-state index in [-0.39, 0.29) is 18.5 Å². The highest BCUT2D eigenvalue weighted by molar-refractivity contribution is 7.78. The second kappa shape index (κ2) is 16.8. The minimum Gasteiger partial charge on any atom is -0.457 e. The lowest BCUT2D eigenvalue weighted by molar-refractivity contribution is 0.0473. The number of amides is 1. The fourth-order valence-electron chi connectivity index (χ4n) is 5.67. The van der Waals surface area contributed by atoms with E-state index in [0.29, 0.717) is 24.2 Å². The third-order valence-electron chi connectivity index (χ3n) is 8.28. The number of nitrogens with zero attached hydrogens (tertiary/aromatic N) is 3. The van der Waals surface area contributed by atoms with Crippen LogP contribution in [0.4, 0.5) is 0 Å². The van der Waals surface area contributed by atoms with E-state index in [9.17, 15) is 9.59 Å². The number of hydrogen-bond donors (Lipinski definition) is 1. The Morgan fingerprint density at radius 2 is 1.45 bits per heavy atom. The largest absolute Gasteiger partial charge is 0.457 e. The lowest BCUT2D eigenvalue weighted by atomic mass is 9.98. The molecule has 0 N–H and O–H groups in total. The van der Waals surface area contributed by atoms with E-state index in [1.807, 2.05) is 105 Å². The number of imidazole rings is 1. The molecule has 0 saturated heterocycles. The molecular formula is C42H43N3O3S. The van der Waals surface area contributed by atoms with Gasteiger partial charge in [0, 0.05) is 25.1 Å². The summed E-state index contributed by atoms with van der Waals surface area (Å²) in [5.41, 5.74) is 9.09. The van der Waals surface area contributed by atoms with Gasteiger partial charge in [0.2, 0.25) is 0 Å². The summed E-state index contributed by atoms with van der Waals surface area (Å²) < 4.78 is 9.25. The zero-order valence-corrected chi connectivity index (χ0v) is 29.5. The van der Waals surface area contributed by atoms with Crippen molar-refractivity contribution in [1.29, 1.82) is 0 Å². The van der Waals surface area contributed by atoms with Gasteiger partial charge in [-0.2, -0.15) is 0 Å². The maximum Gasteiger partial charge on any atom is 0.339 e. The molecule has 6 rings (SSSR count). The Bertz CT molecular complexity index is 2010. The van der Waals surface area contributed by atoms with Gasteiger partial charge in [-0.05, 0) is 73.2 Å². The van der Waals surface area contributed by atoms with Gasteiger partial charge < -0.3 is 9.30 Å². The molecule has 5 aromatic carbocycles. The zero-order valence-electron chi connectivity index (χ0n) is 28.6. The fourth-order valence-corrected chi connectivity index (χ4v) is 5.78. The molecule has 7 heteroatoms. The van der Waals surface area contributed by atoms with Gasteiger partial charge >= 0.3 is 5.97 Å². The van der Waals surface area contributed by atoms with Crippen molar-refractivity contribution in [1.82, 2.24) is 13.9 Å². The van der Waals surface area contributed by atoms with Crippen molar-refractivity contribution in [2.45, 2.75) is 53.7 Å². The molecule has 0 saturated carbocycles. The third-order valence-corrected chi connectivity index (χ3v) is 8.75. The summed E-state index contributed by atoms with van der Waals surface area (Å²) in [5.74, 6) is 0.520. The van der Waals surface area contributed by atoms with Gasteiger partial charge in [0.15, 0.2) is 0 Å². The highest BCUT2D eigenvalue weighted by atomic mass is 32.1. The van der Waals surface area contributed by atoms with Crippen molar-refractivity contribution in [3.63, 3.8) is 0 Å². The maximum absolute atomic E-state index is 13.0. The van der Waals surface area contributed by atoms with E-state index in [1.165, 1.54) is 9.87 Å². The number of hydrogen-bond acceptors (Lipinski definition) is 5. The van der Waals surface area contributed by atoms with Crippen LogP contribution in [0.15, 0.2) is 121 Å². The summed E-state index contributed by atoms with van der Waals surface area (Å²) in [6, 6.07) is 39.5. The molecule has 0 aliphatic carbocycles. The van der Waals surface area contributed by atoms with E-state index >= 15 is 0 Å². The maximum atomic E-state index is 13.0. The Balaban J connectivity index is 0.000000595. The molecule has 0 atom stereocenters. The average molecular weight is 670 g/mol. The van der Waals surface area contributed by atoms with Gasteiger partial charge in [0.1, 0.15) is 12.4 Å². The van der Waals surface area contributed by atoms with E-state index in [1.54, 1.807) is 6.07 Å². The predicted molar refractivity (Wildman–Crippen MR) is 202 cm³/mol. The number of thiol groups is 1. The number of carbonyl (C=O) groups excluding carboxylic acids is 2. The lowest BCUT2D eigenvalue weighted by Crippen LogP contribution is -2.21. The number of fused-ring (bicyclic) bond motifs is 1. The van der Waals surface area contributed by atoms with Crippen LogP contribution in [0.3, 0.4) is 0 Å². The van der Waals surface area contributed by atoms with Gasteiger partial charge in [0.25, 0.3) is 5.91 Å². The number of aromatic nitrogens is 2. The summed E-state index contributed by atoms with van der Waals surface area (Å²) >= 11 is 4.33. The SMILES string of the molecule is CCCc1nc2c(C)cc(C(=O)N(S)CC)cc2n1Cc1ccc(-c2ccccc2C(=O)OCc2ccccc2)cc1.Cc1ccccc1. The smallest absolute Gasteiger partial charge is 0.339 e. The molecule has 0 aliphatic rings. The molecule has 49 heavy (non-hydrogen) atoms. The van der Waals surface area contributed by atoms with Crippen molar-refractivity contribution >= 4 is 35.7 Å². The number of benzene rings is 5. The summed E-state index contributed by atoms with van der Waals surface area (Å²) in [5, 5.41) is 0. The zero-order chi connectivity index (χ0) is 34.8. The number of rotatable bonds is 10. The van der Waals surface area contributed by atoms with Gasteiger partial charge in [-0.25, -0.2) is 9.78 Å². The summed E-state index contributed by atoms with van der Waals surface area (Å²) in [4.78, 5) is 30.9. The summed E-state index contributed by atoms with van der Waals surface area (Å²) in [6.07, 6.45) is 1.80. The number of aryl methyl sites for hydroxylation is 3. The van der Waals surface area contributed by atoms with E-state index < -0.39 is 0 Å². The molecule has 0 fully saturated rings. The van der Waals surface area contributed by atoms with Gasteiger partial charge in [-0.15, -0.1) is 0 Å². The van der Waals surface area contributed by atoms with E-state index in [2.05, 4.69) is 55.5 Å². The Labute approximate surface area is 294 Å². The molecule has 1 heterocycles. The third kappa shape index (κ3) is 8.86. The minimum atomic E-state index is -0.351. The predicted octanol–water partition coefficient (Wildman–Crippen LogP) is 9.67. The van der Waals surface area contributed by atoms with Crippen LogP contribution in [0.2, 0.25) is 0 Å². The van der Waals surface area contributed by atoms with Crippen LogP contribution < -0.4 is 0 Å². The molecule has 0 unspecified atom stereocenters. The molecule has 0 aliphatic heterocycles. The highest BCUT2D eigenvalue weighted by Crippen LogP contribution is 2.28. The van der Waals surface area contributed by atoms with Crippen molar-refractivity contribution in [3.05, 3.63) is 161 Å². The van der Waals surface area contributed by atoms with Crippen LogP contribution in [0.5, 0.6) is 0 Å². The Morgan fingerprint density at radius 1 is 0.796 bits per heavy atom. The van der Waals surface area contributed by atoms with Gasteiger partial charge in [-0.3, -0.25) is 9.10 Å². The number of ether oxygens (including phenoxy) is 1. The minimum absolute atomic E-state index is 0.124. The molecule has 1 amide bonds. The first-order valence-corrected chi connectivity index (χ1v) is 17.1.